The summed E-state index contributed by atoms with van der Waals surface area (Å²) in [7, 11) is 0. The van der Waals surface area contributed by atoms with Gasteiger partial charge < -0.3 is 5.32 Å². The molecule has 1 N–H and O–H groups in total. The number of benzene rings is 2. The lowest BCUT2D eigenvalue weighted by molar-refractivity contribution is -0.115. The summed E-state index contributed by atoms with van der Waals surface area (Å²) in [4.78, 5) is 14.1. The quantitative estimate of drug-likeness (QED) is 0.926. The summed E-state index contributed by atoms with van der Waals surface area (Å²) in [6, 6.07) is 12.9. The van der Waals surface area contributed by atoms with Gasteiger partial charge in [-0.3, -0.25) is 9.69 Å². The van der Waals surface area contributed by atoms with Gasteiger partial charge in [0.15, 0.2) is 0 Å². The second-order valence-corrected chi connectivity index (χ2v) is 7.80. The number of amides is 1. The summed E-state index contributed by atoms with van der Waals surface area (Å²) in [5, 5.41) is 2.91. The molecule has 1 fully saturated rings. The molecule has 2 heterocycles. The van der Waals surface area contributed by atoms with Gasteiger partial charge in [0.25, 0.3) is 0 Å². The van der Waals surface area contributed by atoms with Gasteiger partial charge in [0.05, 0.1) is 6.42 Å². The van der Waals surface area contributed by atoms with Crippen molar-refractivity contribution in [1.29, 1.82) is 0 Å². The third-order valence-electron chi connectivity index (χ3n) is 4.98. The first-order valence-corrected chi connectivity index (χ1v) is 9.68. The van der Waals surface area contributed by atoms with Crippen molar-refractivity contribution in [2.24, 2.45) is 0 Å². The van der Waals surface area contributed by atoms with E-state index in [-0.39, 0.29) is 5.91 Å². The van der Waals surface area contributed by atoms with Crippen molar-refractivity contribution in [1.82, 2.24) is 4.90 Å². The third kappa shape index (κ3) is 3.08. The molecule has 24 heavy (non-hydrogen) atoms. The third-order valence-corrected chi connectivity index (χ3v) is 5.93. The number of hydrogen-bond donors (Lipinski definition) is 1. The van der Waals surface area contributed by atoms with Gasteiger partial charge in [-0.2, -0.15) is 11.8 Å². The van der Waals surface area contributed by atoms with Crippen LogP contribution < -0.4 is 5.32 Å². The number of thioether (sulfide) groups is 1. The Labute approximate surface area is 147 Å². The Morgan fingerprint density at radius 2 is 2.00 bits per heavy atom. The smallest absolute Gasteiger partial charge is 0.228 e. The van der Waals surface area contributed by atoms with Gasteiger partial charge in [0.2, 0.25) is 5.91 Å². The number of nitrogens with one attached hydrogen (secondary N) is 1. The zero-order valence-electron chi connectivity index (χ0n) is 14.0. The molecular formula is C20H22N2OS. The van der Waals surface area contributed by atoms with Crippen LogP contribution >= 0.6 is 11.8 Å². The van der Waals surface area contributed by atoms with Gasteiger partial charge >= 0.3 is 0 Å². The first kappa shape index (κ1) is 15.7. The molecule has 0 saturated carbocycles. The van der Waals surface area contributed by atoms with Crippen molar-refractivity contribution in [2.75, 3.05) is 29.9 Å². The van der Waals surface area contributed by atoms with E-state index >= 15 is 0 Å². The molecule has 0 atom stereocenters. The Balaban J connectivity index is 1.63. The van der Waals surface area contributed by atoms with Gasteiger partial charge in [-0.15, -0.1) is 0 Å². The van der Waals surface area contributed by atoms with E-state index in [2.05, 4.69) is 47.5 Å². The standard InChI is InChI=1S/C20H22N2OS/c1-14-16(13-22-7-9-24-10-8-22)3-2-4-18(14)15-5-6-19-17(11-15)12-20(23)21-19/h2-6,11H,7-10,12-13H2,1H3,(H,21,23). The predicted octanol–water partition coefficient (Wildman–Crippen LogP) is 3.71. The summed E-state index contributed by atoms with van der Waals surface area (Å²) in [6.07, 6.45) is 0.493. The van der Waals surface area contributed by atoms with Crippen molar-refractivity contribution in [3.8, 4) is 11.1 Å². The fourth-order valence-electron chi connectivity index (χ4n) is 3.56. The van der Waals surface area contributed by atoms with E-state index < -0.39 is 0 Å². The van der Waals surface area contributed by atoms with E-state index in [0.29, 0.717) is 6.42 Å². The van der Waals surface area contributed by atoms with Crippen LogP contribution in [0.4, 0.5) is 5.69 Å². The highest BCUT2D eigenvalue weighted by atomic mass is 32.2. The molecule has 4 heteroatoms. The molecule has 2 aromatic carbocycles. The lowest BCUT2D eigenvalue weighted by atomic mass is 9.94. The first-order valence-electron chi connectivity index (χ1n) is 8.52. The van der Waals surface area contributed by atoms with Crippen LogP contribution in [0.15, 0.2) is 36.4 Å². The second kappa shape index (κ2) is 6.61. The maximum atomic E-state index is 11.6. The number of carbonyl (C=O) groups is 1. The number of hydrogen-bond acceptors (Lipinski definition) is 3. The number of fused-ring (bicyclic) bond motifs is 1. The monoisotopic (exact) mass is 338 g/mol. The summed E-state index contributed by atoms with van der Waals surface area (Å²) >= 11 is 2.05. The largest absolute Gasteiger partial charge is 0.326 e. The Hall–Kier alpha value is -1.78. The molecule has 1 amide bonds. The number of rotatable bonds is 3. The molecule has 124 valence electrons. The summed E-state index contributed by atoms with van der Waals surface area (Å²) in [5.41, 5.74) is 7.32. The van der Waals surface area contributed by atoms with E-state index in [1.54, 1.807) is 0 Å². The van der Waals surface area contributed by atoms with Gasteiger partial charge in [0, 0.05) is 36.8 Å². The minimum absolute atomic E-state index is 0.0931. The molecule has 4 rings (SSSR count). The molecule has 0 radical (unpaired) electrons. The summed E-state index contributed by atoms with van der Waals surface area (Å²) in [6.45, 7) is 5.62. The molecule has 2 aromatic rings. The van der Waals surface area contributed by atoms with E-state index in [9.17, 15) is 4.79 Å². The van der Waals surface area contributed by atoms with Crippen LogP contribution in [0.2, 0.25) is 0 Å². The zero-order chi connectivity index (χ0) is 16.5. The molecule has 0 aliphatic carbocycles. The Morgan fingerprint density at radius 1 is 1.17 bits per heavy atom. The number of carbonyl (C=O) groups excluding carboxylic acids is 1. The van der Waals surface area contributed by atoms with E-state index in [0.717, 1.165) is 17.8 Å². The normalized spacial score (nSPS) is 17.6. The molecule has 1 saturated heterocycles. The highest BCUT2D eigenvalue weighted by molar-refractivity contribution is 7.99. The maximum absolute atomic E-state index is 11.6. The van der Waals surface area contributed by atoms with Crippen molar-refractivity contribution < 1.29 is 4.79 Å². The van der Waals surface area contributed by atoms with Crippen molar-refractivity contribution in [2.45, 2.75) is 19.9 Å². The Bertz CT molecular complexity index is 781. The van der Waals surface area contributed by atoms with Crippen LogP contribution in [0.25, 0.3) is 11.1 Å². The lowest BCUT2D eigenvalue weighted by Gasteiger charge is -2.27. The zero-order valence-corrected chi connectivity index (χ0v) is 14.8. The van der Waals surface area contributed by atoms with E-state index in [4.69, 9.17) is 0 Å². The second-order valence-electron chi connectivity index (χ2n) is 6.58. The van der Waals surface area contributed by atoms with Crippen molar-refractivity contribution >= 4 is 23.4 Å². The van der Waals surface area contributed by atoms with Gasteiger partial charge in [-0.05, 0) is 46.9 Å². The van der Waals surface area contributed by atoms with Gasteiger partial charge in [-0.25, -0.2) is 0 Å². The molecule has 2 aliphatic rings. The fourth-order valence-corrected chi connectivity index (χ4v) is 4.54. The first-order chi connectivity index (χ1) is 11.7. The molecule has 0 aromatic heterocycles. The topological polar surface area (TPSA) is 32.3 Å². The lowest BCUT2D eigenvalue weighted by Crippen LogP contribution is -2.32. The molecule has 0 unspecified atom stereocenters. The molecule has 2 aliphatic heterocycles. The van der Waals surface area contributed by atoms with Crippen LogP contribution in [0.3, 0.4) is 0 Å². The van der Waals surface area contributed by atoms with Gasteiger partial charge in [0.1, 0.15) is 0 Å². The maximum Gasteiger partial charge on any atom is 0.228 e. The van der Waals surface area contributed by atoms with Crippen LogP contribution in [0.5, 0.6) is 0 Å². The summed E-state index contributed by atoms with van der Waals surface area (Å²) in [5.74, 6) is 2.57. The Kier molecular flexibility index (Phi) is 4.33. The van der Waals surface area contributed by atoms with Crippen LogP contribution in [0, 0.1) is 6.92 Å². The summed E-state index contributed by atoms with van der Waals surface area (Å²) < 4.78 is 0. The molecule has 3 nitrogen and oxygen atoms in total. The molecule has 0 spiro atoms. The Morgan fingerprint density at radius 3 is 2.83 bits per heavy atom. The average molecular weight is 338 g/mol. The molecular weight excluding hydrogens is 316 g/mol. The van der Waals surface area contributed by atoms with Crippen LogP contribution in [-0.4, -0.2) is 35.4 Å². The van der Waals surface area contributed by atoms with Crippen molar-refractivity contribution in [3.63, 3.8) is 0 Å². The van der Waals surface area contributed by atoms with Gasteiger partial charge in [-0.1, -0.05) is 24.3 Å². The number of anilines is 1. The van der Waals surface area contributed by atoms with E-state index in [1.165, 1.54) is 46.8 Å². The minimum Gasteiger partial charge on any atom is -0.326 e. The average Bonchev–Trinajstić information content (AvgIpc) is 2.97. The number of nitrogens with zero attached hydrogens (tertiary/aromatic N) is 1. The minimum atomic E-state index is 0.0931. The predicted molar refractivity (Wildman–Crippen MR) is 102 cm³/mol. The molecule has 0 bridgehead atoms. The van der Waals surface area contributed by atoms with E-state index in [1.807, 2.05) is 17.8 Å². The van der Waals surface area contributed by atoms with Crippen molar-refractivity contribution in [3.05, 3.63) is 53.1 Å². The highest BCUT2D eigenvalue weighted by Gasteiger charge is 2.19. The highest BCUT2D eigenvalue weighted by Crippen LogP contribution is 2.32. The SMILES string of the molecule is Cc1c(CN2CCSCC2)cccc1-c1ccc2c(c1)CC(=O)N2. The van der Waals surface area contributed by atoms with Crippen LogP contribution in [-0.2, 0) is 17.8 Å². The fraction of sp³-hybridized carbons (Fsp3) is 0.350. The van der Waals surface area contributed by atoms with Crippen LogP contribution in [0.1, 0.15) is 16.7 Å².